The maximum atomic E-state index is 9.91. The summed E-state index contributed by atoms with van der Waals surface area (Å²) in [5, 5.41) is 22.4. The first kappa shape index (κ1) is 23.3. The lowest BCUT2D eigenvalue weighted by atomic mass is 9.93. The van der Waals surface area contributed by atoms with Crippen LogP contribution in [-0.4, -0.2) is 30.7 Å². The van der Waals surface area contributed by atoms with Crippen molar-refractivity contribution < 1.29 is 5.11 Å². The predicted octanol–water partition coefficient (Wildman–Crippen LogP) is 5.88. The van der Waals surface area contributed by atoms with Gasteiger partial charge >= 0.3 is 0 Å². The number of imidazole rings is 1. The maximum absolute atomic E-state index is 9.91. The lowest BCUT2D eigenvalue weighted by Gasteiger charge is -2.27. The minimum absolute atomic E-state index is 0. The van der Waals surface area contributed by atoms with Crippen molar-refractivity contribution in [3.8, 4) is 17.3 Å². The summed E-state index contributed by atoms with van der Waals surface area (Å²) >= 11 is 0. The van der Waals surface area contributed by atoms with Crippen LogP contribution in [0.25, 0.3) is 22.3 Å². The summed E-state index contributed by atoms with van der Waals surface area (Å²) in [7, 11) is 0. The monoisotopic (exact) mass is 486 g/mol. The molecule has 0 spiro atoms. The lowest BCUT2D eigenvalue weighted by molar-refractivity contribution is 0.111. The van der Waals surface area contributed by atoms with Crippen LogP contribution in [0.2, 0.25) is 0 Å². The molecule has 0 unspecified atom stereocenters. The number of halogens is 1. The highest BCUT2D eigenvalue weighted by molar-refractivity contribution is 5.85. The molecule has 2 saturated carbocycles. The standard InChI is InChI=1S/C27H26N6O.ClH/c28-15-17-9-10-29-26(11-17)32-27-14-20(18-1-2-18)12-24(31-27)19-3-8-23-25(13-19)33(16-30-23)21-4-6-22(34)7-5-21;/h3,8-14,16,18,21-22,34H,1-2,4-7H2,(H,29,31,32);1H/t21-,22-;. The summed E-state index contributed by atoms with van der Waals surface area (Å²) in [6, 6.07) is 16.6. The van der Waals surface area contributed by atoms with Gasteiger partial charge in [0.05, 0.1) is 40.8 Å². The number of nitrogens with one attached hydrogen (secondary N) is 1. The van der Waals surface area contributed by atoms with Crippen molar-refractivity contribution in [3.05, 3.63) is 66.1 Å². The molecule has 2 aliphatic carbocycles. The smallest absolute Gasteiger partial charge is 0.132 e. The first-order valence-corrected chi connectivity index (χ1v) is 12.0. The number of nitrogens with zero attached hydrogens (tertiary/aromatic N) is 5. The number of benzene rings is 1. The molecule has 2 N–H and O–H groups in total. The van der Waals surface area contributed by atoms with Crippen LogP contribution in [0.5, 0.6) is 0 Å². The van der Waals surface area contributed by atoms with Crippen molar-refractivity contribution in [2.45, 2.75) is 56.6 Å². The molecule has 6 rings (SSSR count). The number of aliphatic hydroxyl groups is 1. The first-order chi connectivity index (χ1) is 16.7. The fourth-order valence-corrected chi connectivity index (χ4v) is 4.93. The van der Waals surface area contributed by atoms with Gasteiger partial charge in [0.2, 0.25) is 0 Å². The summed E-state index contributed by atoms with van der Waals surface area (Å²) in [4.78, 5) is 13.9. The normalized spacial score (nSPS) is 19.7. The Labute approximate surface area is 210 Å². The molecule has 0 bridgehead atoms. The molecule has 0 radical (unpaired) electrons. The molecule has 2 fully saturated rings. The Balaban J connectivity index is 0.00000253. The van der Waals surface area contributed by atoms with Crippen LogP contribution < -0.4 is 5.32 Å². The number of aromatic nitrogens is 4. The van der Waals surface area contributed by atoms with Gasteiger partial charge in [-0.1, -0.05) is 6.07 Å². The topological polar surface area (TPSA) is 99.7 Å². The molecule has 0 aliphatic heterocycles. The number of rotatable bonds is 5. The largest absolute Gasteiger partial charge is 0.393 e. The summed E-state index contributed by atoms with van der Waals surface area (Å²) in [6.45, 7) is 0. The zero-order valence-electron chi connectivity index (χ0n) is 19.3. The van der Waals surface area contributed by atoms with E-state index in [9.17, 15) is 10.4 Å². The van der Waals surface area contributed by atoms with Gasteiger partial charge in [0.15, 0.2) is 0 Å². The van der Waals surface area contributed by atoms with E-state index in [-0.39, 0.29) is 18.5 Å². The average Bonchev–Trinajstić information content (AvgIpc) is 3.64. The van der Waals surface area contributed by atoms with Gasteiger partial charge in [-0.3, -0.25) is 0 Å². The summed E-state index contributed by atoms with van der Waals surface area (Å²) < 4.78 is 2.27. The van der Waals surface area contributed by atoms with Crippen molar-refractivity contribution in [3.63, 3.8) is 0 Å². The van der Waals surface area contributed by atoms with Gasteiger partial charge in [0.25, 0.3) is 0 Å². The van der Waals surface area contributed by atoms with Crippen molar-refractivity contribution >= 4 is 35.1 Å². The minimum atomic E-state index is -0.176. The average molecular weight is 487 g/mol. The van der Waals surface area contributed by atoms with Gasteiger partial charge in [-0.25, -0.2) is 15.0 Å². The highest BCUT2D eigenvalue weighted by Crippen LogP contribution is 2.42. The number of nitriles is 1. The minimum Gasteiger partial charge on any atom is -0.393 e. The summed E-state index contributed by atoms with van der Waals surface area (Å²) in [6.07, 6.45) is 9.40. The SMILES string of the molecule is Cl.N#Cc1ccnc(Nc2cc(C3CC3)cc(-c3ccc4ncn([C@H]5CC[C@H](O)CC5)c4c3)n2)c1. The van der Waals surface area contributed by atoms with Crippen LogP contribution in [0, 0.1) is 11.3 Å². The maximum Gasteiger partial charge on any atom is 0.132 e. The molecule has 4 aromatic rings. The molecule has 3 heterocycles. The van der Waals surface area contributed by atoms with Crippen LogP contribution in [0.4, 0.5) is 11.6 Å². The van der Waals surface area contributed by atoms with Crippen molar-refractivity contribution in [1.29, 1.82) is 5.26 Å². The van der Waals surface area contributed by atoms with Gasteiger partial charge in [-0.15, -0.1) is 12.4 Å². The second-order valence-electron chi connectivity index (χ2n) is 9.43. The Morgan fingerprint density at radius 2 is 1.77 bits per heavy atom. The molecule has 8 heteroatoms. The second-order valence-corrected chi connectivity index (χ2v) is 9.43. The Morgan fingerprint density at radius 3 is 2.54 bits per heavy atom. The van der Waals surface area contributed by atoms with E-state index >= 15 is 0 Å². The molecule has 178 valence electrons. The van der Waals surface area contributed by atoms with E-state index in [1.807, 2.05) is 6.33 Å². The number of hydrogen-bond donors (Lipinski definition) is 2. The molecule has 2 aliphatic rings. The predicted molar refractivity (Wildman–Crippen MR) is 138 cm³/mol. The Bertz CT molecular complexity index is 1400. The zero-order valence-corrected chi connectivity index (χ0v) is 20.1. The third-order valence-electron chi connectivity index (χ3n) is 6.97. The highest BCUT2D eigenvalue weighted by Gasteiger charge is 2.25. The van der Waals surface area contributed by atoms with E-state index in [1.54, 1.807) is 18.3 Å². The van der Waals surface area contributed by atoms with E-state index < -0.39 is 0 Å². The quantitative estimate of drug-likeness (QED) is 0.365. The summed E-state index contributed by atoms with van der Waals surface area (Å²) in [5.74, 6) is 1.92. The van der Waals surface area contributed by atoms with Crippen LogP contribution in [-0.2, 0) is 0 Å². The lowest BCUT2D eigenvalue weighted by Crippen LogP contribution is -2.20. The molecule has 35 heavy (non-hydrogen) atoms. The molecule has 3 aromatic heterocycles. The van der Waals surface area contributed by atoms with Gasteiger partial charge in [0, 0.05) is 17.8 Å². The van der Waals surface area contributed by atoms with Gasteiger partial charge in [-0.05, 0) is 86.4 Å². The van der Waals surface area contributed by atoms with E-state index in [4.69, 9.17) is 4.98 Å². The van der Waals surface area contributed by atoms with E-state index in [1.165, 1.54) is 18.4 Å². The van der Waals surface area contributed by atoms with Gasteiger partial charge in [0.1, 0.15) is 11.6 Å². The number of anilines is 2. The van der Waals surface area contributed by atoms with Crippen molar-refractivity contribution in [2.75, 3.05) is 5.32 Å². The fraction of sp³-hybridized carbons (Fsp3) is 0.333. The fourth-order valence-electron chi connectivity index (χ4n) is 4.93. The van der Waals surface area contributed by atoms with Crippen molar-refractivity contribution in [1.82, 2.24) is 19.5 Å². The van der Waals surface area contributed by atoms with Gasteiger partial charge in [-0.2, -0.15) is 5.26 Å². The number of pyridine rings is 2. The summed E-state index contributed by atoms with van der Waals surface area (Å²) in [5.41, 5.74) is 5.88. The molecular weight excluding hydrogens is 460 g/mol. The van der Waals surface area contributed by atoms with Gasteiger partial charge < -0.3 is 15.0 Å². The van der Waals surface area contributed by atoms with Crippen LogP contribution in [0.3, 0.4) is 0 Å². The molecular formula is C27H27ClN6O. The Morgan fingerprint density at radius 1 is 0.943 bits per heavy atom. The van der Waals surface area contributed by atoms with E-state index in [0.29, 0.717) is 23.3 Å². The van der Waals surface area contributed by atoms with Crippen LogP contribution >= 0.6 is 12.4 Å². The number of fused-ring (bicyclic) bond motifs is 1. The van der Waals surface area contributed by atoms with Crippen LogP contribution in [0.15, 0.2) is 55.0 Å². The highest BCUT2D eigenvalue weighted by atomic mass is 35.5. The third kappa shape index (κ3) is 4.86. The Kier molecular flexibility index (Phi) is 6.42. The molecule has 1 aromatic carbocycles. The second kappa shape index (κ2) is 9.65. The first-order valence-electron chi connectivity index (χ1n) is 12.0. The molecule has 0 amide bonds. The molecule has 0 saturated heterocycles. The number of hydrogen-bond acceptors (Lipinski definition) is 6. The number of aliphatic hydroxyl groups excluding tert-OH is 1. The zero-order chi connectivity index (χ0) is 23.1. The van der Waals surface area contributed by atoms with E-state index in [2.05, 4.69) is 56.3 Å². The Hall–Kier alpha value is -3.47. The van der Waals surface area contributed by atoms with Crippen molar-refractivity contribution in [2.24, 2.45) is 0 Å². The molecule has 7 nitrogen and oxygen atoms in total. The third-order valence-corrected chi connectivity index (χ3v) is 6.97. The molecule has 0 atom stereocenters. The van der Waals surface area contributed by atoms with E-state index in [0.717, 1.165) is 53.8 Å². The van der Waals surface area contributed by atoms with Crippen LogP contribution in [0.1, 0.15) is 61.6 Å².